The van der Waals surface area contributed by atoms with Crippen LogP contribution in [0.15, 0.2) is 24.3 Å². The lowest BCUT2D eigenvalue weighted by Crippen LogP contribution is -2.51. The third-order valence-electron chi connectivity index (χ3n) is 5.47. The SMILES string of the molecule is O=C(NC[C@H]1CO[C@H](c2ccc(CC3CCC3)cc2)[C@H](O)[C@@H]1O)C(F)(F)F. The molecule has 1 saturated carbocycles. The third-order valence-corrected chi connectivity index (χ3v) is 5.47. The lowest BCUT2D eigenvalue weighted by atomic mass is 9.80. The summed E-state index contributed by atoms with van der Waals surface area (Å²) in [6.45, 7) is -0.492. The molecular weight excluding hydrogens is 363 g/mol. The van der Waals surface area contributed by atoms with Crippen LogP contribution in [0.1, 0.15) is 36.5 Å². The Bertz CT molecular complexity index is 645. The largest absolute Gasteiger partial charge is 0.471 e. The first-order chi connectivity index (χ1) is 12.8. The van der Waals surface area contributed by atoms with E-state index < -0.39 is 42.9 Å². The number of halogens is 3. The highest BCUT2D eigenvalue weighted by Crippen LogP contribution is 2.33. The van der Waals surface area contributed by atoms with Crippen molar-refractivity contribution in [3.05, 3.63) is 35.4 Å². The quantitative estimate of drug-likeness (QED) is 0.723. The van der Waals surface area contributed by atoms with Crippen LogP contribution >= 0.6 is 0 Å². The van der Waals surface area contributed by atoms with Gasteiger partial charge in [0.2, 0.25) is 0 Å². The molecule has 1 heterocycles. The lowest BCUT2D eigenvalue weighted by molar-refractivity contribution is -0.178. The number of aliphatic hydroxyl groups is 2. The molecule has 4 atom stereocenters. The van der Waals surface area contributed by atoms with Crippen molar-refractivity contribution >= 4 is 5.91 Å². The molecule has 1 saturated heterocycles. The van der Waals surface area contributed by atoms with Crippen molar-refractivity contribution in [2.24, 2.45) is 11.8 Å². The molecule has 150 valence electrons. The number of ether oxygens (including phenoxy) is 1. The van der Waals surface area contributed by atoms with Gasteiger partial charge in [0.15, 0.2) is 0 Å². The van der Waals surface area contributed by atoms with E-state index in [1.165, 1.54) is 24.8 Å². The summed E-state index contributed by atoms with van der Waals surface area (Å²) in [6.07, 6.45) is -3.51. The maximum Gasteiger partial charge on any atom is 0.471 e. The summed E-state index contributed by atoms with van der Waals surface area (Å²) in [6, 6.07) is 7.65. The second-order valence-corrected chi connectivity index (χ2v) is 7.45. The molecule has 1 aliphatic carbocycles. The molecule has 5 nitrogen and oxygen atoms in total. The molecule has 1 aromatic carbocycles. The molecule has 0 radical (unpaired) electrons. The second-order valence-electron chi connectivity index (χ2n) is 7.45. The van der Waals surface area contributed by atoms with Gasteiger partial charge in [-0.2, -0.15) is 13.2 Å². The molecule has 0 unspecified atom stereocenters. The minimum absolute atomic E-state index is 0.0646. The predicted octanol–water partition coefficient (Wildman–Crippen LogP) is 2.12. The van der Waals surface area contributed by atoms with E-state index in [2.05, 4.69) is 0 Å². The van der Waals surface area contributed by atoms with Crippen molar-refractivity contribution in [3.8, 4) is 0 Å². The zero-order chi connectivity index (χ0) is 19.6. The number of benzene rings is 1. The zero-order valence-electron chi connectivity index (χ0n) is 14.8. The molecule has 0 aromatic heterocycles. The molecule has 2 fully saturated rings. The van der Waals surface area contributed by atoms with Gasteiger partial charge < -0.3 is 20.3 Å². The summed E-state index contributed by atoms with van der Waals surface area (Å²) < 4.78 is 42.3. The molecule has 0 spiro atoms. The second kappa shape index (κ2) is 8.16. The molecule has 27 heavy (non-hydrogen) atoms. The van der Waals surface area contributed by atoms with Gasteiger partial charge in [0.1, 0.15) is 12.2 Å². The van der Waals surface area contributed by atoms with Gasteiger partial charge in [-0.1, -0.05) is 43.5 Å². The average molecular weight is 387 g/mol. The fraction of sp³-hybridized carbons (Fsp3) is 0.632. The first-order valence-corrected chi connectivity index (χ1v) is 9.17. The van der Waals surface area contributed by atoms with Gasteiger partial charge in [-0.25, -0.2) is 0 Å². The van der Waals surface area contributed by atoms with E-state index >= 15 is 0 Å². The molecular formula is C19H24F3NO4. The Kier molecular flexibility index (Phi) is 6.08. The molecule has 1 aromatic rings. The minimum atomic E-state index is -4.98. The normalized spacial score (nSPS) is 29.2. The Balaban J connectivity index is 1.55. The molecule has 1 aliphatic heterocycles. The number of hydrogen-bond acceptors (Lipinski definition) is 4. The standard InChI is InChI=1S/C19H24F3NO4/c20-19(21,22)18(26)23-9-14-10-27-17(16(25)15(14)24)13-6-4-12(5-7-13)8-11-2-1-3-11/h4-7,11,14-17,24-25H,1-3,8-10H2,(H,23,26)/t14-,15+,16+,17+/m0/s1. The van der Waals surface area contributed by atoms with Gasteiger partial charge in [-0.05, 0) is 23.5 Å². The van der Waals surface area contributed by atoms with Crippen LogP contribution < -0.4 is 5.32 Å². The summed E-state index contributed by atoms with van der Waals surface area (Å²) in [4.78, 5) is 10.9. The summed E-state index contributed by atoms with van der Waals surface area (Å²) in [5, 5.41) is 22.3. The molecule has 8 heteroatoms. The van der Waals surface area contributed by atoms with Crippen LogP contribution in [0.25, 0.3) is 0 Å². The highest BCUT2D eigenvalue weighted by molar-refractivity contribution is 5.81. The Morgan fingerprint density at radius 3 is 2.37 bits per heavy atom. The Morgan fingerprint density at radius 2 is 1.81 bits per heavy atom. The van der Waals surface area contributed by atoms with Gasteiger partial charge in [0.05, 0.1) is 12.7 Å². The molecule has 3 rings (SSSR count). The van der Waals surface area contributed by atoms with Gasteiger partial charge in [-0.3, -0.25) is 4.79 Å². The smallest absolute Gasteiger partial charge is 0.390 e. The highest BCUT2D eigenvalue weighted by Gasteiger charge is 2.42. The summed E-state index contributed by atoms with van der Waals surface area (Å²) in [5.74, 6) is -2.16. The fourth-order valence-corrected chi connectivity index (χ4v) is 3.55. The number of aliphatic hydroxyl groups excluding tert-OH is 2. The van der Waals surface area contributed by atoms with E-state index in [-0.39, 0.29) is 6.61 Å². The average Bonchev–Trinajstić information content (AvgIpc) is 2.59. The number of carbonyl (C=O) groups excluding carboxylic acids is 1. The number of alkyl halides is 3. The first-order valence-electron chi connectivity index (χ1n) is 9.17. The number of hydrogen-bond donors (Lipinski definition) is 3. The van der Waals surface area contributed by atoms with E-state index in [4.69, 9.17) is 4.74 Å². The Morgan fingerprint density at radius 1 is 1.15 bits per heavy atom. The minimum Gasteiger partial charge on any atom is -0.390 e. The van der Waals surface area contributed by atoms with Crippen molar-refractivity contribution in [3.63, 3.8) is 0 Å². The van der Waals surface area contributed by atoms with Crippen LogP contribution in [0, 0.1) is 11.8 Å². The van der Waals surface area contributed by atoms with Crippen LogP contribution in [-0.2, 0) is 16.0 Å². The van der Waals surface area contributed by atoms with E-state index in [0.717, 1.165) is 12.3 Å². The first kappa shape index (κ1) is 20.1. The molecule has 0 bridgehead atoms. The maximum atomic E-state index is 12.2. The number of rotatable bonds is 5. The van der Waals surface area contributed by atoms with E-state index in [0.29, 0.717) is 5.56 Å². The van der Waals surface area contributed by atoms with Crippen LogP contribution in [0.4, 0.5) is 13.2 Å². The fourth-order valence-electron chi connectivity index (χ4n) is 3.55. The van der Waals surface area contributed by atoms with Crippen LogP contribution in [0.2, 0.25) is 0 Å². The number of amides is 1. The van der Waals surface area contributed by atoms with Crippen molar-refractivity contribution < 1.29 is 32.9 Å². The molecule has 3 N–H and O–H groups in total. The van der Waals surface area contributed by atoms with Gasteiger partial charge in [0.25, 0.3) is 0 Å². The Labute approximate surface area is 155 Å². The lowest BCUT2D eigenvalue weighted by Gasteiger charge is -2.38. The van der Waals surface area contributed by atoms with Crippen molar-refractivity contribution in [2.45, 2.75) is 50.2 Å². The van der Waals surface area contributed by atoms with Gasteiger partial charge in [0, 0.05) is 12.5 Å². The van der Waals surface area contributed by atoms with Crippen LogP contribution in [0.3, 0.4) is 0 Å². The van der Waals surface area contributed by atoms with Gasteiger partial charge >= 0.3 is 12.1 Å². The van der Waals surface area contributed by atoms with E-state index in [9.17, 15) is 28.2 Å². The summed E-state index contributed by atoms with van der Waals surface area (Å²) >= 11 is 0. The topological polar surface area (TPSA) is 78.8 Å². The Hall–Kier alpha value is -1.64. The van der Waals surface area contributed by atoms with Crippen LogP contribution in [-0.4, -0.2) is 47.7 Å². The van der Waals surface area contributed by atoms with Gasteiger partial charge in [-0.15, -0.1) is 0 Å². The van der Waals surface area contributed by atoms with E-state index in [1.54, 1.807) is 5.32 Å². The number of carbonyl (C=O) groups is 1. The number of nitrogens with one attached hydrogen (secondary N) is 1. The maximum absolute atomic E-state index is 12.2. The molecule has 1 amide bonds. The van der Waals surface area contributed by atoms with Crippen LogP contribution in [0.5, 0.6) is 0 Å². The van der Waals surface area contributed by atoms with E-state index in [1.807, 2.05) is 24.3 Å². The highest BCUT2D eigenvalue weighted by atomic mass is 19.4. The monoisotopic (exact) mass is 387 g/mol. The van der Waals surface area contributed by atoms with Crippen molar-refractivity contribution in [2.75, 3.05) is 13.2 Å². The molecule has 2 aliphatic rings. The summed E-state index contributed by atoms with van der Waals surface area (Å²) in [7, 11) is 0. The van der Waals surface area contributed by atoms with Crippen molar-refractivity contribution in [1.29, 1.82) is 0 Å². The predicted molar refractivity (Wildman–Crippen MR) is 90.7 cm³/mol. The van der Waals surface area contributed by atoms with Crippen molar-refractivity contribution in [1.82, 2.24) is 5.32 Å². The third kappa shape index (κ3) is 4.80. The zero-order valence-corrected chi connectivity index (χ0v) is 14.8. The summed E-state index contributed by atoms with van der Waals surface area (Å²) in [5.41, 5.74) is 1.92.